The van der Waals surface area contributed by atoms with Crippen molar-refractivity contribution < 1.29 is 19.5 Å². The van der Waals surface area contributed by atoms with Crippen molar-refractivity contribution in [2.24, 2.45) is 5.73 Å². The van der Waals surface area contributed by atoms with Crippen LogP contribution in [0.2, 0.25) is 0 Å². The maximum Gasteiger partial charge on any atom is 0.326 e. The van der Waals surface area contributed by atoms with Gasteiger partial charge >= 0.3 is 5.97 Å². The summed E-state index contributed by atoms with van der Waals surface area (Å²) in [6.45, 7) is 3.69. The molecule has 8 heteroatoms. The van der Waals surface area contributed by atoms with E-state index in [1.807, 2.05) is 62.4 Å². The van der Waals surface area contributed by atoms with Crippen molar-refractivity contribution in [2.75, 3.05) is 0 Å². The van der Waals surface area contributed by atoms with Gasteiger partial charge < -0.3 is 15.7 Å². The third-order valence-corrected chi connectivity index (χ3v) is 6.52. The maximum atomic E-state index is 13.8. The smallest absolute Gasteiger partial charge is 0.326 e. The minimum Gasteiger partial charge on any atom is -0.480 e. The molecule has 2 aromatic heterocycles. The Labute approximate surface area is 196 Å². The van der Waals surface area contributed by atoms with Crippen LogP contribution in [0.4, 0.5) is 0 Å². The van der Waals surface area contributed by atoms with Crippen molar-refractivity contribution in [3.8, 4) is 10.4 Å². The first-order valence-corrected chi connectivity index (χ1v) is 11.4. The van der Waals surface area contributed by atoms with E-state index in [4.69, 9.17) is 5.73 Å². The Hall–Kier alpha value is -3.52. The highest BCUT2D eigenvalue weighted by Gasteiger charge is 2.41. The highest BCUT2D eigenvalue weighted by molar-refractivity contribution is 7.17. The number of carbonyl (C=O) groups excluding carboxylic acids is 2. The van der Waals surface area contributed by atoms with Crippen molar-refractivity contribution >= 4 is 29.1 Å². The molecule has 33 heavy (non-hydrogen) atoms. The van der Waals surface area contributed by atoms with Gasteiger partial charge in [-0.2, -0.15) is 0 Å². The van der Waals surface area contributed by atoms with E-state index in [0.717, 1.165) is 16.0 Å². The van der Waals surface area contributed by atoms with Crippen LogP contribution in [0.25, 0.3) is 10.4 Å². The Morgan fingerprint density at radius 3 is 2.33 bits per heavy atom. The van der Waals surface area contributed by atoms with E-state index in [1.54, 1.807) is 18.5 Å². The lowest BCUT2D eigenvalue weighted by Gasteiger charge is -2.42. The molecule has 2 amide bonds. The van der Waals surface area contributed by atoms with Gasteiger partial charge in [-0.3, -0.25) is 14.6 Å². The molecular weight excluding hydrogens is 438 g/mol. The second kappa shape index (κ2) is 10.4. The molecule has 3 rings (SSSR count). The van der Waals surface area contributed by atoms with E-state index >= 15 is 0 Å². The van der Waals surface area contributed by atoms with Gasteiger partial charge in [0.15, 0.2) is 0 Å². The highest BCUT2D eigenvalue weighted by atomic mass is 32.1. The number of hydrogen-bond acceptors (Lipinski definition) is 5. The molecule has 0 saturated heterocycles. The number of thiophene rings is 1. The number of hydrogen-bond donors (Lipinski definition) is 2. The molecule has 1 atom stereocenters. The topological polar surface area (TPSA) is 114 Å². The number of primary amides is 1. The van der Waals surface area contributed by atoms with Crippen LogP contribution in [0.15, 0.2) is 67.0 Å². The van der Waals surface area contributed by atoms with E-state index < -0.39 is 29.4 Å². The summed E-state index contributed by atoms with van der Waals surface area (Å²) >= 11 is 1.29. The third-order valence-electron chi connectivity index (χ3n) is 5.39. The van der Waals surface area contributed by atoms with Gasteiger partial charge in [-0.1, -0.05) is 30.3 Å². The van der Waals surface area contributed by atoms with Gasteiger partial charge in [0.25, 0.3) is 5.91 Å². The standard InChI is InChI=1S/C25H27N3O4S/c1-25(2,16-17-6-4-3-5-7-17)28(19(24(31)32)8-11-22(26)29)23(30)21-10-9-20(33-21)18-12-14-27-15-13-18/h3-7,9-10,12-15,19H,8,11,16H2,1-2H3,(H2,26,29)(H,31,32)/t19-/m0/s1. The Morgan fingerprint density at radius 1 is 1.06 bits per heavy atom. The van der Waals surface area contributed by atoms with Gasteiger partial charge in [0, 0.05) is 29.2 Å². The lowest BCUT2D eigenvalue weighted by molar-refractivity contribution is -0.144. The zero-order chi connectivity index (χ0) is 24.0. The molecule has 0 radical (unpaired) electrons. The maximum absolute atomic E-state index is 13.8. The predicted molar refractivity (Wildman–Crippen MR) is 128 cm³/mol. The predicted octanol–water partition coefficient (Wildman–Crippen LogP) is 3.99. The molecule has 2 heterocycles. The Morgan fingerprint density at radius 2 is 1.73 bits per heavy atom. The summed E-state index contributed by atoms with van der Waals surface area (Å²) in [4.78, 5) is 44.2. The summed E-state index contributed by atoms with van der Waals surface area (Å²) in [5.74, 6) is -2.17. The van der Waals surface area contributed by atoms with Crippen LogP contribution in [-0.4, -0.2) is 44.4 Å². The van der Waals surface area contributed by atoms with E-state index in [-0.39, 0.29) is 12.8 Å². The van der Waals surface area contributed by atoms with Gasteiger partial charge in [-0.25, -0.2) is 4.79 Å². The van der Waals surface area contributed by atoms with Gasteiger partial charge in [0.2, 0.25) is 5.91 Å². The van der Waals surface area contributed by atoms with Gasteiger partial charge in [-0.05, 0) is 62.1 Å². The SMILES string of the molecule is CC(C)(Cc1ccccc1)N(C(=O)c1ccc(-c2ccncc2)s1)[C@@H](CCC(N)=O)C(=O)O. The van der Waals surface area contributed by atoms with Crippen molar-refractivity contribution in [3.05, 3.63) is 77.4 Å². The number of aromatic nitrogens is 1. The summed E-state index contributed by atoms with van der Waals surface area (Å²) in [6.07, 6.45) is 3.61. The average molecular weight is 466 g/mol. The number of nitrogens with two attached hydrogens (primary N) is 1. The van der Waals surface area contributed by atoms with Crippen molar-refractivity contribution in [3.63, 3.8) is 0 Å². The first kappa shape index (κ1) is 24.1. The number of pyridine rings is 1. The van der Waals surface area contributed by atoms with E-state index in [1.165, 1.54) is 16.2 Å². The van der Waals surface area contributed by atoms with Crippen LogP contribution in [-0.2, 0) is 16.0 Å². The van der Waals surface area contributed by atoms with Crippen LogP contribution < -0.4 is 5.73 Å². The molecule has 0 fully saturated rings. The number of carboxylic acid groups (broad SMARTS) is 1. The monoisotopic (exact) mass is 465 g/mol. The zero-order valence-corrected chi connectivity index (χ0v) is 19.4. The van der Waals surface area contributed by atoms with Gasteiger partial charge in [0.1, 0.15) is 6.04 Å². The highest BCUT2D eigenvalue weighted by Crippen LogP contribution is 2.32. The minimum absolute atomic E-state index is 0.0583. The fourth-order valence-corrected chi connectivity index (χ4v) is 4.85. The number of carboxylic acids is 1. The van der Waals surface area contributed by atoms with E-state index in [2.05, 4.69) is 4.98 Å². The number of benzene rings is 1. The lowest BCUT2D eigenvalue weighted by Crippen LogP contribution is -2.57. The van der Waals surface area contributed by atoms with Crippen LogP contribution in [0.1, 0.15) is 41.9 Å². The zero-order valence-electron chi connectivity index (χ0n) is 18.6. The molecule has 3 aromatic rings. The van der Waals surface area contributed by atoms with Crippen LogP contribution in [0, 0.1) is 0 Å². The number of nitrogens with zero attached hydrogens (tertiary/aromatic N) is 2. The second-order valence-electron chi connectivity index (χ2n) is 8.41. The number of rotatable bonds is 10. The normalized spacial score (nSPS) is 12.2. The van der Waals surface area contributed by atoms with Gasteiger partial charge in [-0.15, -0.1) is 11.3 Å². The molecule has 1 aromatic carbocycles. The molecule has 3 N–H and O–H groups in total. The summed E-state index contributed by atoms with van der Waals surface area (Å²) in [5, 5.41) is 10.0. The molecule has 0 aliphatic rings. The first-order chi connectivity index (χ1) is 15.7. The molecule has 172 valence electrons. The fourth-order valence-electron chi connectivity index (χ4n) is 3.90. The van der Waals surface area contributed by atoms with Crippen molar-refractivity contribution in [2.45, 2.75) is 44.7 Å². The lowest BCUT2D eigenvalue weighted by atomic mass is 9.90. The summed E-state index contributed by atoms with van der Waals surface area (Å²) in [5.41, 5.74) is 6.34. The molecule has 7 nitrogen and oxygen atoms in total. The minimum atomic E-state index is -1.20. The number of aliphatic carboxylic acids is 1. The molecule has 0 bridgehead atoms. The number of carbonyl (C=O) groups is 3. The number of amides is 2. The molecule has 0 unspecified atom stereocenters. The molecule has 0 aliphatic carbocycles. The van der Waals surface area contributed by atoms with E-state index in [9.17, 15) is 19.5 Å². The van der Waals surface area contributed by atoms with E-state index in [0.29, 0.717) is 11.3 Å². The van der Waals surface area contributed by atoms with Crippen molar-refractivity contribution in [1.82, 2.24) is 9.88 Å². The third kappa shape index (κ3) is 6.04. The summed E-state index contributed by atoms with van der Waals surface area (Å²) in [7, 11) is 0. The first-order valence-electron chi connectivity index (χ1n) is 10.6. The Balaban J connectivity index is 1.99. The summed E-state index contributed by atoms with van der Waals surface area (Å²) in [6, 6.07) is 15.6. The van der Waals surface area contributed by atoms with Gasteiger partial charge in [0.05, 0.1) is 4.88 Å². The van der Waals surface area contributed by atoms with Crippen LogP contribution in [0.5, 0.6) is 0 Å². The largest absolute Gasteiger partial charge is 0.480 e. The van der Waals surface area contributed by atoms with Crippen molar-refractivity contribution in [1.29, 1.82) is 0 Å². The average Bonchev–Trinajstić information content (AvgIpc) is 3.27. The Bertz CT molecular complexity index is 1110. The molecule has 0 aliphatic heterocycles. The van der Waals surface area contributed by atoms with Crippen LogP contribution in [0.3, 0.4) is 0 Å². The fraction of sp³-hybridized carbons (Fsp3) is 0.280. The quantitative estimate of drug-likeness (QED) is 0.470. The molecule has 0 spiro atoms. The second-order valence-corrected chi connectivity index (χ2v) is 9.49. The summed E-state index contributed by atoms with van der Waals surface area (Å²) < 4.78 is 0. The molecular formula is C25H27N3O4S. The van der Waals surface area contributed by atoms with Crippen LogP contribution >= 0.6 is 11.3 Å². The Kier molecular flexibility index (Phi) is 7.60. The molecule has 0 saturated carbocycles.